The minimum Gasteiger partial charge on any atom is -0.457 e. The Hall–Kier alpha value is -1.36. The summed E-state index contributed by atoms with van der Waals surface area (Å²) in [4.78, 5) is 22.3. The van der Waals surface area contributed by atoms with E-state index in [4.69, 9.17) is 9.47 Å². The van der Waals surface area contributed by atoms with E-state index in [1.54, 1.807) is 0 Å². The van der Waals surface area contributed by atoms with Crippen molar-refractivity contribution in [2.45, 2.75) is 45.5 Å². The number of esters is 2. The van der Waals surface area contributed by atoms with Crippen molar-refractivity contribution in [3.05, 3.63) is 11.6 Å². The van der Waals surface area contributed by atoms with Crippen molar-refractivity contribution in [2.75, 3.05) is 0 Å². The minimum absolute atomic E-state index is 0.210. The van der Waals surface area contributed by atoms with Gasteiger partial charge in [-0.25, -0.2) is 4.79 Å². The van der Waals surface area contributed by atoms with Crippen molar-refractivity contribution in [3.8, 4) is 0 Å². The highest BCUT2D eigenvalue weighted by molar-refractivity contribution is 5.92. The molecule has 0 bridgehead atoms. The lowest BCUT2D eigenvalue weighted by Gasteiger charge is -2.15. The van der Waals surface area contributed by atoms with Gasteiger partial charge >= 0.3 is 11.9 Å². The Morgan fingerprint density at radius 1 is 1.69 bits per heavy atom. The monoisotopic (exact) mass is 228 g/mol. The van der Waals surface area contributed by atoms with Gasteiger partial charge in [-0.2, -0.15) is 0 Å². The topological polar surface area (TPSA) is 72.8 Å². The summed E-state index contributed by atoms with van der Waals surface area (Å²) in [5.41, 5.74) is 0.210. The smallest absolute Gasteiger partial charge is 0.340 e. The Labute approximate surface area is 94.0 Å². The van der Waals surface area contributed by atoms with Crippen LogP contribution in [0.1, 0.15) is 33.6 Å². The molecular formula is C11H16O5. The van der Waals surface area contributed by atoms with E-state index in [9.17, 15) is 14.7 Å². The SMILES string of the molecule is CCCC(OC(C)=O)C1=CC(C)(O)OC1=O. The summed E-state index contributed by atoms with van der Waals surface area (Å²) in [6.45, 7) is 4.55. The fourth-order valence-corrected chi connectivity index (χ4v) is 1.59. The molecule has 0 fully saturated rings. The first kappa shape index (κ1) is 12.7. The molecule has 0 spiro atoms. The Morgan fingerprint density at radius 3 is 2.69 bits per heavy atom. The molecule has 1 aliphatic rings. The van der Waals surface area contributed by atoms with Crippen LogP contribution in [-0.4, -0.2) is 28.9 Å². The summed E-state index contributed by atoms with van der Waals surface area (Å²) < 4.78 is 9.72. The van der Waals surface area contributed by atoms with E-state index in [0.29, 0.717) is 6.42 Å². The maximum atomic E-state index is 11.4. The molecule has 90 valence electrons. The second kappa shape index (κ2) is 4.65. The Morgan fingerprint density at radius 2 is 2.31 bits per heavy atom. The van der Waals surface area contributed by atoms with Crippen molar-refractivity contribution in [1.82, 2.24) is 0 Å². The average Bonchev–Trinajstić information content (AvgIpc) is 2.38. The van der Waals surface area contributed by atoms with Crippen LogP contribution in [0.15, 0.2) is 11.6 Å². The summed E-state index contributed by atoms with van der Waals surface area (Å²) in [6.07, 6.45) is 1.93. The first-order valence-corrected chi connectivity index (χ1v) is 5.21. The molecule has 0 aromatic heterocycles. The highest BCUT2D eigenvalue weighted by atomic mass is 16.7. The second-order valence-electron chi connectivity index (χ2n) is 3.93. The number of hydrogen-bond donors (Lipinski definition) is 1. The molecule has 0 aromatic rings. The van der Waals surface area contributed by atoms with E-state index in [-0.39, 0.29) is 5.57 Å². The van der Waals surface area contributed by atoms with E-state index >= 15 is 0 Å². The van der Waals surface area contributed by atoms with Crippen LogP contribution in [0.5, 0.6) is 0 Å². The first-order chi connectivity index (χ1) is 7.35. The van der Waals surface area contributed by atoms with Gasteiger partial charge in [0, 0.05) is 19.9 Å². The fraction of sp³-hybridized carbons (Fsp3) is 0.636. The van der Waals surface area contributed by atoms with E-state index < -0.39 is 23.8 Å². The molecule has 1 heterocycles. The standard InChI is InChI=1S/C11H16O5/c1-4-5-9(15-7(2)12)8-6-11(3,14)16-10(8)13/h6,9,14H,4-5H2,1-3H3. The quantitative estimate of drug-likeness (QED) is 0.724. The molecule has 1 aliphatic heterocycles. The molecule has 5 heteroatoms. The lowest BCUT2D eigenvalue weighted by molar-refractivity contribution is -0.173. The van der Waals surface area contributed by atoms with Crippen LogP contribution in [0.3, 0.4) is 0 Å². The predicted octanol–water partition coefficient (Wildman–Crippen LogP) is 0.910. The molecule has 1 rings (SSSR count). The fourth-order valence-electron chi connectivity index (χ4n) is 1.59. The van der Waals surface area contributed by atoms with Crippen LogP contribution in [0, 0.1) is 0 Å². The lowest BCUT2D eigenvalue weighted by Crippen LogP contribution is -2.23. The van der Waals surface area contributed by atoms with E-state index in [2.05, 4.69) is 0 Å². The van der Waals surface area contributed by atoms with Gasteiger partial charge in [0.05, 0.1) is 5.57 Å². The molecule has 0 saturated heterocycles. The third-order valence-corrected chi connectivity index (χ3v) is 2.16. The number of ether oxygens (including phenoxy) is 2. The van der Waals surface area contributed by atoms with E-state index in [1.807, 2.05) is 6.92 Å². The predicted molar refractivity (Wildman–Crippen MR) is 55.3 cm³/mol. The summed E-state index contributed by atoms with van der Waals surface area (Å²) in [5, 5.41) is 9.53. The van der Waals surface area contributed by atoms with Crippen LogP contribution in [0.25, 0.3) is 0 Å². The van der Waals surface area contributed by atoms with E-state index in [1.165, 1.54) is 19.9 Å². The van der Waals surface area contributed by atoms with Crippen molar-refractivity contribution in [3.63, 3.8) is 0 Å². The maximum Gasteiger partial charge on any atom is 0.340 e. The maximum absolute atomic E-state index is 11.4. The van der Waals surface area contributed by atoms with Crippen LogP contribution in [0.4, 0.5) is 0 Å². The van der Waals surface area contributed by atoms with Gasteiger partial charge in [0.2, 0.25) is 5.79 Å². The number of aliphatic hydroxyl groups is 1. The summed E-state index contributed by atoms with van der Waals surface area (Å²) in [7, 11) is 0. The molecule has 1 N–H and O–H groups in total. The van der Waals surface area contributed by atoms with Crippen LogP contribution < -0.4 is 0 Å². The highest BCUT2D eigenvalue weighted by Crippen LogP contribution is 2.27. The third-order valence-electron chi connectivity index (χ3n) is 2.16. The summed E-state index contributed by atoms with van der Waals surface area (Å²) in [5.74, 6) is -2.69. The van der Waals surface area contributed by atoms with Crippen molar-refractivity contribution in [1.29, 1.82) is 0 Å². The summed E-state index contributed by atoms with van der Waals surface area (Å²) in [6, 6.07) is 0. The van der Waals surface area contributed by atoms with Crippen molar-refractivity contribution < 1.29 is 24.2 Å². The first-order valence-electron chi connectivity index (χ1n) is 5.21. The second-order valence-corrected chi connectivity index (χ2v) is 3.93. The number of rotatable bonds is 4. The molecule has 0 saturated carbocycles. The van der Waals surface area contributed by atoms with Gasteiger partial charge < -0.3 is 14.6 Å². The van der Waals surface area contributed by atoms with Gasteiger partial charge in [0.25, 0.3) is 0 Å². The van der Waals surface area contributed by atoms with Gasteiger partial charge in [-0.3, -0.25) is 4.79 Å². The average molecular weight is 228 g/mol. The van der Waals surface area contributed by atoms with E-state index in [0.717, 1.165) is 6.42 Å². The molecule has 0 radical (unpaired) electrons. The Balaban J connectivity index is 2.86. The molecule has 2 unspecified atom stereocenters. The minimum atomic E-state index is -1.60. The van der Waals surface area contributed by atoms with Gasteiger partial charge in [0.15, 0.2) is 0 Å². The Kier molecular flexibility index (Phi) is 3.70. The van der Waals surface area contributed by atoms with Gasteiger partial charge in [-0.05, 0) is 6.42 Å². The molecule has 0 aliphatic carbocycles. The van der Waals surface area contributed by atoms with Gasteiger partial charge in [-0.15, -0.1) is 0 Å². The molecule has 2 atom stereocenters. The van der Waals surface area contributed by atoms with Gasteiger partial charge in [-0.1, -0.05) is 13.3 Å². The zero-order chi connectivity index (χ0) is 12.3. The third kappa shape index (κ3) is 3.06. The molecular weight excluding hydrogens is 212 g/mol. The number of carbonyl (C=O) groups is 2. The number of carbonyl (C=O) groups excluding carboxylic acids is 2. The summed E-state index contributed by atoms with van der Waals surface area (Å²) >= 11 is 0. The van der Waals surface area contributed by atoms with Gasteiger partial charge in [0.1, 0.15) is 6.10 Å². The lowest BCUT2D eigenvalue weighted by atomic mass is 10.0. The zero-order valence-corrected chi connectivity index (χ0v) is 9.65. The largest absolute Gasteiger partial charge is 0.457 e. The zero-order valence-electron chi connectivity index (χ0n) is 9.65. The number of cyclic esters (lactones) is 1. The van der Waals surface area contributed by atoms with Crippen molar-refractivity contribution >= 4 is 11.9 Å². The van der Waals surface area contributed by atoms with Crippen molar-refractivity contribution in [2.24, 2.45) is 0 Å². The molecule has 0 amide bonds. The van der Waals surface area contributed by atoms with Crippen LogP contribution in [0.2, 0.25) is 0 Å². The van der Waals surface area contributed by atoms with Crippen LogP contribution in [-0.2, 0) is 19.1 Å². The molecule has 5 nitrogen and oxygen atoms in total. The van der Waals surface area contributed by atoms with Crippen LogP contribution >= 0.6 is 0 Å². The molecule has 0 aromatic carbocycles. The Bertz CT molecular complexity index is 329. The highest BCUT2D eigenvalue weighted by Gasteiger charge is 2.38. The normalized spacial score (nSPS) is 26.0. The number of hydrogen-bond acceptors (Lipinski definition) is 5. The molecule has 16 heavy (non-hydrogen) atoms.